The van der Waals surface area contributed by atoms with E-state index in [1.807, 2.05) is 19.1 Å². The van der Waals surface area contributed by atoms with Crippen LogP contribution in [0.5, 0.6) is 0 Å². The Hall–Kier alpha value is -2.13. The van der Waals surface area contributed by atoms with Gasteiger partial charge in [-0.3, -0.25) is 9.59 Å². The van der Waals surface area contributed by atoms with Gasteiger partial charge in [0.05, 0.1) is 16.8 Å². The molecule has 2 aromatic rings. The summed E-state index contributed by atoms with van der Waals surface area (Å²) in [4.78, 5) is 26.7. The van der Waals surface area contributed by atoms with Crippen LogP contribution >= 0.6 is 11.6 Å². The number of carbonyl (C=O) groups excluding carboxylic acids is 2. The number of amides is 2. The van der Waals surface area contributed by atoms with Crippen LogP contribution in [0.3, 0.4) is 0 Å². The quantitative estimate of drug-likeness (QED) is 0.446. The van der Waals surface area contributed by atoms with Crippen LogP contribution in [0.25, 0.3) is 0 Å². The van der Waals surface area contributed by atoms with Crippen LogP contribution < -0.4 is 4.90 Å². The predicted octanol–water partition coefficient (Wildman–Crippen LogP) is 5.96. The molecule has 3 nitrogen and oxygen atoms in total. The summed E-state index contributed by atoms with van der Waals surface area (Å²) in [6.07, 6.45) is 7.27. The van der Waals surface area contributed by atoms with Crippen molar-refractivity contribution in [2.24, 2.45) is 0 Å². The number of hydrogen-bond donors (Lipinski definition) is 0. The lowest BCUT2D eigenvalue weighted by Crippen LogP contribution is -2.30. The second-order valence-corrected chi connectivity index (χ2v) is 7.36. The van der Waals surface area contributed by atoms with Crippen LogP contribution in [0.2, 0.25) is 5.02 Å². The first-order valence-electron chi connectivity index (χ1n) is 9.30. The molecular formula is C22H24ClNO2. The Bertz CT molecular complexity index is 844. The van der Waals surface area contributed by atoms with E-state index in [0.29, 0.717) is 21.8 Å². The fraction of sp³-hybridized carbons (Fsp3) is 0.364. The maximum Gasteiger partial charge on any atom is 0.266 e. The molecule has 0 N–H and O–H groups in total. The highest BCUT2D eigenvalue weighted by atomic mass is 35.5. The van der Waals surface area contributed by atoms with Gasteiger partial charge in [-0.05, 0) is 55.2 Å². The Kier molecular flexibility index (Phi) is 5.77. The van der Waals surface area contributed by atoms with E-state index in [0.717, 1.165) is 12.0 Å². The van der Waals surface area contributed by atoms with Gasteiger partial charge < -0.3 is 0 Å². The molecule has 1 aliphatic heterocycles. The smallest absolute Gasteiger partial charge is 0.266 e. The Morgan fingerprint density at radius 2 is 1.62 bits per heavy atom. The minimum atomic E-state index is -0.303. The lowest BCUT2D eigenvalue weighted by Gasteiger charge is -2.17. The normalized spacial score (nSPS) is 13.4. The van der Waals surface area contributed by atoms with Crippen LogP contribution in [0.1, 0.15) is 70.9 Å². The first-order chi connectivity index (χ1) is 12.5. The molecule has 1 heterocycles. The van der Waals surface area contributed by atoms with Crippen molar-refractivity contribution < 1.29 is 9.59 Å². The molecule has 0 fully saturated rings. The average Bonchev–Trinajstić information content (AvgIpc) is 2.86. The number of imide groups is 1. The molecule has 0 bridgehead atoms. The molecule has 0 radical (unpaired) electrons. The molecule has 1 aliphatic rings. The maximum atomic E-state index is 12.7. The summed E-state index contributed by atoms with van der Waals surface area (Å²) in [5, 5.41) is 0.460. The van der Waals surface area contributed by atoms with Crippen molar-refractivity contribution in [2.75, 3.05) is 4.90 Å². The van der Waals surface area contributed by atoms with Gasteiger partial charge in [0, 0.05) is 5.02 Å². The second-order valence-electron chi connectivity index (χ2n) is 6.92. The summed E-state index contributed by atoms with van der Waals surface area (Å²) in [7, 11) is 0. The molecule has 3 rings (SSSR count). The van der Waals surface area contributed by atoms with E-state index in [4.69, 9.17) is 11.6 Å². The molecule has 0 aromatic heterocycles. The number of nitrogens with zero attached hydrogens (tertiary/aromatic N) is 1. The predicted molar refractivity (Wildman–Crippen MR) is 106 cm³/mol. The van der Waals surface area contributed by atoms with Crippen LogP contribution in [0.15, 0.2) is 36.4 Å². The zero-order valence-corrected chi connectivity index (χ0v) is 16.1. The molecule has 0 aliphatic carbocycles. The first kappa shape index (κ1) is 18.7. The minimum Gasteiger partial charge on any atom is -0.268 e. The number of unbranched alkanes of at least 4 members (excludes halogenated alkanes) is 4. The summed E-state index contributed by atoms with van der Waals surface area (Å²) in [6, 6.07) is 10.8. The number of rotatable bonds is 7. The summed E-state index contributed by atoms with van der Waals surface area (Å²) < 4.78 is 0. The Morgan fingerprint density at radius 1 is 0.885 bits per heavy atom. The van der Waals surface area contributed by atoms with Gasteiger partial charge in [-0.15, -0.1) is 0 Å². The molecule has 136 valence electrons. The van der Waals surface area contributed by atoms with E-state index in [-0.39, 0.29) is 11.8 Å². The van der Waals surface area contributed by atoms with E-state index >= 15 is 0 Å². The molecule has 0 saturated heterocycles. The minimum absolute atomic E-state index is 0.280. The van der Waals surface area contributed by atoms with Crippen molar-refractivity contribution in [1.82, 2.24) is 0 Å². The van der Waals surface area contributed by atoms with Crippen LogP contribution in [0, 0.1) is 6.92 Å². The fourth-order valence-electron chi connectivity index (χ4n) is 3.49. The highest BCUT2D eigenvalue weighted by Crippen LogP contribution is 2.32. The van der Waals surface area contributed by atoms with E-state index in [9.17, 15) is 9.59 Å². The molecule has 2 amide bonds. The zero-order valence-electron chi connectivity index (χ0n) is 15.3. The van der Waals surface area contributed by atoms with Crippen molar-refractivity contribution in [3.8, 4) is 0 Å². The van der Waals surface area contributed by atoms with Crippen molar-refractivity contribution in [3.05, 3.63) is 63.7 Å². The third-order valence-corrected chi connectivity index (χ3v) is 5.15. The number of benzene rings is 2. The highest BCUT2D eigenvalue weighted by Gasteiger charge is 2.37. The van der Waals surface area contributed by atoms with Gasteiger partial charge >= 0.3 is 0 Å². The molecule has 2 aromatic carbocycles. The third kappa shape index (κ3) is 3.68. The Balaban J connectivity index is 1.76. The Morgan fingerprint density at radius 3 is 2.35 bits per heavy atom. The second kappa shape index (κ2) is 8.05. The number of halogens is 1. The number of fused-ring (bicyclic) bond motifs is 1. The van der Waals surface area contributed by atoms with E-state index in [1.165, 1.54) is 42.6 Å². The molecule has 26 heavy (non-hydrogen) atoms. The molecule has 0 atom stereocenters. The van der Waals surface area contributed by atoms with E-state index < -0.39 is 0 Å². The van der Waals surface area contributed by atoms with Crippen molar-refractivity contribution in [3.63, 3.8) is 0 Å². The summed E-state index contributed by atoms with van der Waals surface area (Å²) >= 11 is 5.98. The van der Waals surface area contributed by atoms with Crippen LogP contribution in [-0.4, -0.2) is 11.8 Å². The molecule has 4 heteroatoms. The number of anilines is 1. The molecule has 0 unspecified atom stereocenters. The average molecular weight is 370 g/mol. The highest BCUT2D eigenvalue weighted by molar-refractivity contribution is 6.36. The number of aryl methyl sites for hydroxylation is 2. The fourth-order valence-corrected chi connectivity index (χ4v) is 3.66. The van der Waals surface area contributed by atoms with Gasteiger partial charge in [0.1, 0.15) is 0 Å². The summed E-state index contributed by atoms with van der Waals surface area (Å²) in [5.41, 5.74) is 3.64. The van der Waals surface area contributed by atoms with Crippen LogP contribution in [0.4, 0.5) is 5.69 Å². The summed E-state index contributed by atoms with van der Waals surface area (Å²) in [5.74, 6) is -0.583. The van der Waals surface area contributed by atoms with Gasteiger partial charge in [-0.25, -0.2) is 4.90 Å². The molecule has 0 saturated carbocycles. The van der Waals surface area contributed by atoms with Crippen molar-refractivity contribution in [1.29, 1.82) is 0 Å². The van der Waals surface area contributed by atoms with Gasteiger partial charge in [-0.2, -0.15) is 0 Å². The van der Waals surface area contributed by atoms with Gasteiger partial charge in [0.2, 0.25) is 0 Å². The molecular weight excluding hydrogens is 346 g/mol. The monoisotopic (exact) mass is 369 g/mol. The molecule has 0 spiro atoms. The standard InChI is InChI=1S/C22H24ClNO2/c1-3-4-5-6-7-8-16-9-12-20(15(2)13-16)24-21(25)18-11-10-17(23)14-19(18)22(24)26/h9-14H,3-8H2,1-2H3. The summed E-state index contributed by atoms with van der Waals surface area (Å²) in [6.45, 7) is 4.17. The van der Waals surface area contributed by atoms with Gasteiger partial charge in [0.25, 0.3) is 11.8 Å². The largest absolute Gasteiger partial charge is 0.268 e. The van der Waals surface area contributed by atoms with E-state index in [1.54, 1.807) is 18.2 Å². The third-order valence-electron chi connectivity index (χ3n) is 4.92. The van der Waals surface area contributed by atoms with Crippen molar-refractivity contribution >= 4 is 29.1 Å². The van der Waals surface area contributed by atoms with Gasteiger partial charge in [0.15, 0.2) is 0 Å². The van der Waals surface area contributed by atoms with Crippen molar-refractivity contribution in [2.45, 2.75) is 52.4 Å². The topological polar surface area (TPSA) is 37.4 Å². The van der Waals surface area contributed by atoms with E-state index in [2.05, 4.69) is 13.0 Å². The SMILES string of the molecule is CCCCCCCc1ccc(N2C(=O)c3ccc(Cl)cc3C2=O)c(C)c1. The maximum absolute atomic E-state index is 12.7. The lowest BCUT2D eigenvalue weighted by molar-refractivity contribution is 0.0926. The number of hydrogen-bond acceptors (Lipinski definition) is 2. The zero-order chi connectivity index (χ0) is 18.7. The lowest BCUT2D eigenvalue weighted by atomic mass is 10.0. The van der Waals surface area contributed by atoms with Gasteiger partial charge in [-0.1, -0.05) is 56.3 Å². The Labute approximate surface area is 160 Å². The first-order valence-corrected chi connectivity index (χ1v) is 9.68. The van der Waals surface area contributed by atoms with Crippen LogP contribution in [-0.2, 0) is 6.42 Å². The number of carbonyl (C=O) groups is 2.